The van der Waals surface area contributed by atoms with Crippen molar-refractivity contribution in [3.05, 3.63) is 23.3 Å². The highest BCUT2D eigenvalue weighted by molar-refractivity contribution is 5.85. The molecule has 0 bridgehead atoms. The molecule has 0 amide bonds. The van der Waals surface area contributed by atoms with Crippen LogP contribution in [0.1, 0.15) is 30.9 Å². The number of ether oxygens (including phenoxy) is 2. The number of rotatable bonds is 5. The maximum Gasteiger partial charge on any atom is 0.314 e. The van der Waals surface area contributed by atoms with Gasteiger partial charge in [0, 0.05) is 6.92 Å². The summed E-state index contributed by atoms with van der Waals surface area (Å²) in [4.78, 5) is 11.3. The smallest absolute Gasteiger partial charge is 0.314 e. The van der Waals surface area contributed by atoms with Gasteiger partial charge in [0.2, 0.25) is 0 Å². The van der Waals surface area contributed by atoms with E-state index in [1.807, 2.05) is 0 Å². The highest BCUT2D eigenvalue weighted by atomic mass is 19.3. The van der Waals surface area contributed by atoms with E-state index in [1.165, 1.54) is 26.4 Å². The summed E-state index contributed by atoms with van der Waals surface area (Å²) >= 11 is 0. The van der Waals surface area contributed by atoms with Crippen LogP contribution in [0.2, 0.25) is 0 Å². The Bertz CT molecular complexity index is 545. The third-order valence-electron chi connectivity index (χ3n) is 3.66. The second-order valence-corrected chi connectivity index (χ2v) is 5.03. The lowest BCUT2D eigenvalue weighted by atomic mass is 9.92. The van der Waals surface area contributed by atoms with Gasteiger partial charge in [-0.05, 0) is 30.5 Å². The number of aliphatic carboxylic acids is 1. The lowest BCUT2D eigenvalue weighted by Crippen LogP contribution is -2.21. The van der Waals surface area contributed by atoms with Crippen LogP contribution in [0.5, 0.6) is 11.5 Å². The molecule has 1 aromatic carbocycles. The monoisotopic (exact) mass is 286 g/mol. The van der Waals surface area contributed by atoms with Crippen molar-refractivity contribution in [1.82, 2.24) is 0 Å². The number of carbonyl (C=O) groups is 1. The summed E-state index contributed by atoms with van der Waals surface area (Å²) < 4.78 is 37.5. The van der Waals surface area contributed by atoms with Gasteiger partial charge < -0.3 is 14.6 Å². The normalized spacial score (nSPS) is 16.6. The Morgan fingerprint density at radius 2 is 1.90 bits per heavy atom. The molecular formula is C14H16F2O4. The largest absolute Gasteiger partial charge is 0.493 e. The van der Waals surface area contributed by atoms with Crippen LogP contribution in [0.3, 0.4) is 0 Å². The van der Waals surface area contributed by atoms with E-state index < -0.39 is 17.3 Å². The van der Waals surface area contributed by atoms with Crippen LogP contribution < -0.4 is 9.47 Å². The van der Waals surface area contributed by atoms with Gasteiger partial charge in [-0.25, -0.2) is 8.78 Å². The maximum atomic E-state index is 13.7. The fraction of sp³-hybridized carbons (Fsp3) is 0.500. The summed E-state index contributed by atoms with van der Waals surface area (Å²) in [6, 6.07) is 2.68. The van der Waals surface area contributed by atoms with E-state index in [-0.39, 0.29) is 17.1 Å². The fourth-order valence-corrected chi connectivity index (χ4v) is 2.32. The van der Waals surface area contributed by atoms with Crippen LogP contribution in [-0.2, 0) is 16.1 Å². The summed E-state index contributed by atoms with van der Waals surface area (Å²) in [6.07, 6.45) is 0.874. The highest BCUT2D eigenvalue weighted by Crippen LogP contribution is 2.52. The predicted octanol–water partition coefficient (Wildman–Crippen LogP) is 2.93. The molecule has 1 aliphatic rings. The molecule has 110 valence electrons. The second-order valence-electron chi connectivity index (χ2n) is 5.03. The first-order valence-corrected chi connectivity index (χ1v) is 6.14. The van der Waals surface area contributed by atoms with Crippen LogP contribution in [0.15, 0.2) is 12.1 Å². The fourth-order valence-electron chi connectivity index (χ4n) is 2.32. The van der Waals surface area contributed by atoms with E-state index in [0.29, 0.717) is 18.4 Å². The van der Waals surface area contributed by atoms with Gasteiger partial charge in [-0.1, -0.05) is 0 Å². The van der Waals surface area contributed by atoms with Gasteiger partial charge in [0.25, 0.3) is 5.92 Å². The molecule has 1 aliphatic carbocycles. The molecule has 2 rings (SSSR count). The summed E-state index contributed by atoms with van der Waals surface area (Å²) in [7, 11) is 2.61. The van der Waals surface area contributed by atoms with Crippen molar-refractivity contribution in [2.24, 2.45) is 0 Å². The Labute approximate surface area is 115 Å². The number of halogens is 2. The number of carboxylic acid groups (broad SMARTS) is 1. The zero-order chi connectivity index (χ0) is 15.1. The van der Waals surface area contributed by atoms with Gasteiger partial charge >= 0.3 is 5.97 Å². The van der Waals surface area contributed by atoms with E-state index >= 15 is 0 Å². The molecule has 1 aromatic rings. The number of carboxylic acids is 1. The quantitative estimate of drug-likeness (QED) is 0.904. The molecule has 0 atom stereocenters. The molecule has 0 aromatic heterocycles. The van der Waals surface area contributed by atoms with Gasteiger partial charge in [-0.3, -0.25) is 4.79 Å². The summed E-state index contributed by atoms with van der Waals surface area (Å²) in [5.41, 5.74) is -1.10. The van der Waals surface area contributed by atoms with Gasteiger partial charge in [-0.15, -0.1) is 0 Å². The van der Waals surface area contributed by atoms with E-state index in [4.69, 9.17) is 9.47 Å². The molecule has 20 heavy (non-hydrogen) atoms. The van der Waals surface area contributed by atoms with Crippen molar-refractivity contribution in [3.8, 4) is 11.5 Å². The highest BCUT2D eigenvalue weighted by Gasteiger charge is 2.52. The van der Waals surface area contributed by atoms with E-state index in [9.17, 15) is 18.7 Å². The molecule has 0 radical (unpaired) electrons. The summed E-state index contributed by atoms with van der Waals surface area (Å²) in [6.45, 7) is 0.744. The molecule has 6 heteroatoms. The third kappa shape index (κ3) is 2.19. The molecule has 1 saturated carbocycles. The van der Waals surface area contributed by atoms with Crippen molar-refractivity contribution < 1.29 is 28.2 Å². The minimum atomic E-state index is -3.15. The van der Waals surface area contributed by atoms with Crippen molar-refractivity contribution >= 4 is 5.97 Å². The summed E-state index contributed by atoms with van der Waals surface area (Å²) in [5.74, 6) is -4.10. The molecule has 0 aliphatic heterocycles. The van der Waals surface area contributed by atoms with E-state index in [0.717, 1.165) is 6.92 Å². The standard InChI is InChI=1S/C14H16F2O4/c1-13(15,16)9-6-8(14(4-5-14)12(17)18)7-10(19-2)11(9)20-3/h6-7H,4-5H2,1-3H3,(H,17,18). The Hall–Kier alpha value is -1.85. The Morgan fingerprint density at radius 3 is 2.25 bits per heavy atom. The van der Waals surface area contributed by atoms with Gasteiger partial charge in [0.15, 0.2) is 11.5 Å². The number of benzene rings is 1. The lowest BCUT2D eigenvalue weighted by Gasteiger charge is -2.21. The maximum absolute atomic E-state index is 13.7. The zero-order valence-corrected chi connectivity index (χ0v) is 11.5. The molecule has 0 unspecified atom stereocenters. The van der Waals surface area contributed by atoms with Gasteiger partial charge in [0.05, 0.1) is 25.2 Å². The van der Waals surface area contributed by atoms with Crippen molar-refractivity contribution in [1.29, 1.82) is 0 Å². The van der Waals surface area contributed by atoms with Crippen molar-refractivity contribution in [2.75, 3.05) is 14.2 Å². The predicted molar refractivity (Wildman–Crippen MR) is 67.7 cm³/mol. The molecule has 4 nitrogen and oxygen atoms in total. The average molecular weight is 286 g/mol. The zero-order valence-electron chi connectivity index (χ0n) is 11.5. The third-order valence-corrected chi connectivity index (χ3v) is 3.66. The first-order valence-electron chi connectivity index (χ1n) is 6.14. The van der Waals surface area contributed by atoms with Gasteiger partial charge in [0.1, 0.15) is 0 Å². The molecular weight excluding hydrogens is 270 g/mol. The second kappa shape index (κ2) is 4.61. The minimum absolute atomic E-state index is 0.0649. The Kier molecular flexibility index (Phi) is 3.36. The van der Waals surface area contributed by atoms with Crippen LogP contribution in [0, 0.1) is 0 Å². The topological polar surface area (TPSA) is 55.8 Å². The van der Waals surface area contributed by atoms with Crippen molar-refractivity contribution in [3.63, 3.8) is 0 Å². The average Bonchev–Trinajstić information content (AvgIpc) is 3.17. The molecule has 0 spiro atoms. The first kappa shape index (κ1) is 14.6. The molecule has 1 N–H and O–H groups in total. The number of hydrogen-bond acceptors (Lipinski definition) is 3. The SMILES string of the molecule is COc1cc(C2(C(=O)O)CC2)cc(C(C)(F)F)c1OC. The summed E-state index contributed by atoms with van der Waals surface area (Å²) in [5, 5.41) is 9.28. The first-order chi connectivity index (χ1) is 9.26. The van der Waals surface area contributed by atoms with E-state index in [1.54, 1.807) is 0 Å². The van der Waals surface area contributed by atoms with Crippen molar-refractivity contribution in [2.45, 2.75) is 31.1 Å². The van der Waals surface area contributed by atoms with Crippen LogP contribution >= 0.6 is 0 Å². The molecule has 0 saturated heterocycles. The number of methoxy groups -OCH3 is 2. The van der Waals surface area contributed by atoms with Crippen LogP contribution in [0.4, 0.5) is 8.78 Å². The van der Waals surface area contributed by atoms with E-state index in [2.05, 4.69) is 0 Å². The van der Waals surface area contributed by atoms with Crippen LogP contribution in [0.25, 0.3) is 0 Å². The molecule has 0 heterocycles. The van der Waals surface area contributed by atoms with Gasteiger partial charge in [-0.2, -0.15) is 0 Å². The van der Waals surface area contributed by atoms with Crippen LogP contribution in [-0.4, -0.2) is 25.3 Å². The molecule has 1 fully saturated rings. The lowest BCUT2D eigenvalue weighted by molar-refractivity contribution is -0.140. The number of alkyl halides is 2. The number of hydrogen-bond donors (Lipinski definition) is 1. The Morgan fingerprint density at radius 1 is 1.30 bits per heavy atom. The minimum Gasteiger partial charge on any atom is -0.493 e. The Balaban J connectivity index is 2.65.